The van der Waals surface area contributed by atoms with Crippen LogP contribution in [0.4, 0.5) is 13.2 Å². The van der Waals surface area contributed by atoms with Crippen molar-refractivity contribution in [3.63, 3.8) is 0 Å². The summed E-state index contributed by atoms with van der Waals surface area (Å²) in [6.45, 7) is 0.913. The first-order chi connectivity index (χ1) is 12.8. The van der Waals surface area contributed by atoms with Gasteiger partial charge in [-0.3, -0.25) is 9.59 Å². The number of benzene rings is 1. The van der Waals surface area contributed by atoms with Crippen molar-refractivity contribution in [3.05, 3.63) is 29.8 Å². The van der Waals surface area contributed by atoms with Crippen LogP contribution >= 0.6 is 0 Å². The van der Waals surface area contributed by atoms with Gasteiger partial charge in [0.1, 0.15) is 5.75 Å². The summed E-state index contributed by atoms with van der Waals surface area (Å²) >= 11 is 0. The summed E-state index contributed by atoms with van der Waals surface area (Å²) < 4.78 is 43.0. The monoisotopic (exact) mass is 387 g/mol. The minimum Gasteiger partial charge on any atom is -0.484 e. The molecule has 2 amide bonds. The number of ether oxygens (including phenoxy) is 1. The number of nitrogens with one attached hydrogen (secondary N) is 1. The van der Waals surface area contributed by atoms with E-state index in [2.05, 4.69) is 5.32 Å². The van der Waals surface area contributed by atoms with Gasteiger partial charge in [-0.05, 0) is 43.5 Å². The number of alkyl halides is 3. The Kier molecular flexibility index (Phi) is 7.46. The Morgan fingerprint density at radius 3 is 2.56 bits per heavy atom. The number of carbonyl (C=O) groups is 2. The molecule has 1 saturated heterocycles. The minimum absolute atomic E-state index is 0.121. The zero-order valence-electron chi connectivity index (χ0n) is 14.9. The molecule has 0 saturated carbocycles. The van der Waals surface area contributed by atoms with Crippen LogP contribution in [-0.2, 0) is 15.8 Å². The van der Waals surface area contributed by atoms with E-state index >= 15 is 0 Å². The molecule has 1 fully saturated rings. The van der Waals surface area contributed by atoms with E-state index in [9.17, 15) is 22.8 Å². The highest BCUT2D eigenvalue weighted by molar-refractivity contribution is 5.79. The van der Waals surface area contributed by atoms with Crippen molar-refractivity contribution in [2.75, 3.05) is 26.2 Å². The van der Waals surface area contributed by atoms with Gasteiger partial charge in [0.2, 0.25) is 5.91 Å². The van der Waals surface area contributed by atoms with Gasteiger partial charge in [-0.1, -0.05) is 0 Å². The summed E-state index contributed by atoms with van der Waals surface area (Å²) in [5.41, 5.74) is 4.56. The second kappa shape index (κ2) is 9.59. The zero-order valence-corrected chi connectivity index (χ0v) is 14.9. The molecular weight excluding hydrogens is 363 g/mol. The number of piperidine rings is 1. The van der Waals surface area contributed by atoms with Crippen LogP contribution in [0.1, 0.15) is 31.2 Å². The lowest BCUT2D eigenvalue weighted by atomic mass is 10.0. The minimum atomic E-state index is -4.41. The van der Waals surface area contributed by atoms with Crippen molar-refractivity contribution in [2.45, 2.75) is 37.9 Å². The molecule has 27 heavy (non-hydrogen) atoms. The van der Waals surface area contributed by atoms with E-state index < -0.39 is 11.7 Å². The second-order valence-corrected chi connectivity index (χ2v) is 6.39. The van der Waals surface area contributed by atoms with Gasteiger partial charge in [-0.25, -0.2) is 0 Å². The van der Waals surface area contributed by atoms with E-state index in [1.54, 1.807) is 4.90 Å². The summed E-state index contributed by atoms with van der Waals surface area (Å²) in [7, 11) is 0. The van der Waals surface area contributed by atoms with Crippen molar-refractivity contribution >= 4 is 11.8 Å². The van der Waals surface area contributed by atoms with E-state index in [1.807, 2.05) is 0 Å². The van der Waals surface area contributed by atoms with Crippen LogP contribution < -0.4 is 15.8 Å². The molecule has 3 N–H and O–H groups in total. The fourth-order valence-corrected chi connectivity index (χ4v) is 2.96. The smallest absolute Gasteiger partial charge is 0.416 e. The van der Waals surface area contributed by atoms with Crippen LogP contribution in [0.25, 0.3) is 0 Å². The Labute approximate surface area is 155 Å². The van der Waals surface area contributed by atoms with Crippen LogP contribution in [0.3, 0.4) is 0 Å². The van der Waals surface area contributed by atoms with Crippen LogP contribution in [0, 0.1) is 0 Å². The standard InChI is InChI=1S/C18H24F3N3O3/c19-18(20,21)13-4-6-15(7-5-13)27-12-17(26)24-10-2-1-3-14(24)11-23-16(25)8-9-22/h4-7,14H,1-3,8-12,22H2,(H,23,25). The van der Waals surface area contributed by atoms with E-state index in [0.717, 1.165) is 31.4 Å². The molecule has 150 valence electrons. The highest BCUT2D eigenvalue weighted by Crippen LogP contribution is 2.30. The van der Waals surface area contributed by atoms with Crippen molar-refractivity contribution in [2.24, 2.45) is 5.73 Å². The first-order valence-electron chi connectivity index (χ1n) is 8.87. The molecule has 0 bridgehead atoms. The summed E-state index contributed by atoms with van der Waals surface area (Å²) in [5, 5.41) is 2.77. The lowest BCUT2D eigenvalue weighted by molar-refractivity contribution is -0.138. The Morgan fingerprint density at radius 1 is 1.22 bits per heavy atom. The summed E-state index contributed by atoms with van der Waals surface area (Å²) in [6.07, 6.45) is -1.59. The van der Waals surface area contributed by atoms with Gasteiger partial charge in [-0.2, -0.15) is 13.2 Å². The second-order valence-electron chi connectivity index (χ2n) is 6.39. The van der Waals surface area contributed by atoms with Crippen molar-refractivity contribution < 1.29 is 27.5 Å². The molecule has 1 aromatic carbocycles. The van der Waals surface area contributed by atoms with Crippen molar-refractivity contribution in [1.29, 1.82) is 0 Å². The predicted molar refractivity (Wildman–Crippen MR) is 93.0 cm³/mol. The predicted octanol–water partition coefficient (Wildman–Crippen LogP) is 1.93. The number of amides is 2. The first kappa shape index (κ1) is 21.0. The number of carbonyl (C=O) groups excluding carboxylic acids is 2. The van der Waals surface area contributed by atoms with Gasteiger partial charge in [0.25, 0.3) is 5.91 Å². The Balaban J connectivity index is 1.87. The average Bonchev–Trinajstić information content (AvgIpc) is 2.64. The molecule has 1 heterocycles. The molecule has 0 aliphatic carbocycles. The fraction of sp³-hybridized carbons (Fsp3) is 0.556. The first-order valence-corrected chi connectivity index (χ1v) is 8.87. The molecule has 1 aromatic rings. The van der Waals surface area contributed by atoms with Crippen LogP contribution in [0.2, 0.25) is 0 Å². The molecule has 2 rings (SSSR count). The van der Waals surface area contributed by atoms with Crippen LogP contribution in [-0.4, -0.2) is 49.0 Å². The van der Waals surface area contributed by atoms with Gasteiger partial charge >= 0.3 is 6.18 Å². The topological polar surface area (TPSA) is 84.7 Å². The van der Waals surface area contributed by atoms with E-state index in [1.165, 1.54) is 12.1 Å². The number of nitrogens with two attached hydrogens (primary N) is 1. The van der Waals surface area contributed by atoms with Crippen molar-refractivity contribution in [1.82, 2.24) is 10.2 Å². The number of hydrogen-bond acceptors (Lipinski definition) is 4. The zero-order chi connectivity index (χ0) is 19.9. The molecule has 1 aliphatic heterocycles. The summed E-state index contributed by atoms with van der Waals surface area (Å²) in [5.74, 6) is -0.217. The maximum Gasteiger partial charge on any atom is 0.416 e. The third-order valence-corrected chi connectivity index (χ3v) is 4.40. The molecule has 0 aromatic heterocycles. The molecule has 1 atom stereocenters. The number of halogens is 3. The quantitative estimate of drug-likeness (QED) is 0.749. The summed E-state index contributed by atoms with van der Waals surface area (Å²) in [6, 6.07) is 4.09. The molecule has 6 nitrogen and oxygen atoms in total. The maximum absolute atomic E-state index is 12.6. The van der Waals surface area contributed by atoms with Gasteiger partial charge in [0.05, 0.1) is 5.56 Å². The molecule has 1 unspecified atom stereocenters. The highest BCUT2D eigenvalue weighted by Gasteiger charge is 2.30. The lowest BCUT2D eigenvalue weighted by Gasteiger charge is -2.35. The van der Waals surface area contributed by atoms with Gasteiger partial charge < -0.3 is 20.7 Å². The normalized spacial score (nSPS) is 17.5. The Hall–Kier alpha value is -2.29. The Bertz CT molecular complexity index is 635. The number of nitrogens with zero attached hydrogens (tertiary/aromatic N) is 1. The molecule has 0 radical (unpaired) electrons. The number of likely N-dealkylation sites (tertiary alicyclic amines) is 1. The van der Waals surface area contributed by atoms with E-state index in [4.69, 9.17) is 10.5 Å². The SMILES string of the molecule is NCCC(=O)NCC1CCCCN1C(=O)COc1ccc(C(F)(F)F)cc1. The van der Waals surface area contributed by atoms with Crippen LogP contribution in [0.5, 0.6) is 5.75 Å². The largest absolute Gasteiger partial charge is 0.484 e. The maximum atomic E-state index is 12.6. The van der Waals surface area contributed by atoms with Gasteiger partial charge in [0, 0.05) is 32.1 Å². The molecule has 0 spiro atoms. The third-order valence-electron chi connectivity index (χ3n) is 4.40. The van der Waals surface area contributed by atoms with Crippen molar-refractivity contribution in [3.8, 4) is 5.75 Å². The average molecular weight is 387 g/mol. The van der Waals surface area contributed by atoms with Gasteiger partial charge in [-0.15, -0.1) is 0 Å². The summed E-state index contributed by atoms with van der Waals surface area (Å²) in [4.78, 5) is 25.7. The Morgan fingerprint density at radius 2 is 1.93 bits per heavy atom. The molecule has 1 aliphatic rings. The van der Waals surface area contributed by atoms with E-state index in [0.29, 0.717) is 13.1 Å². The highest BCUT2D eigenvalue weighted by atomic mass is 19.4. The number of hydrogen-bond donors (Lipinski definition) is 2. The van der Waals surface area contributed by atoms with E-state index in [-0.39, 0.29) is 43.2 Å². The fourth-order valence-electron chi connectivity index (χ4n) is 2.96. The van der Waals surface area contributed by atoms with Crippen LogP contribution in [0.15, 0.2) is 24.3 Å². The lowest BCUT2D eigenvalue weighted by Crippen LogP contribution is -2.50. The molecular formula is C18H24F3N3O3. The molecule has 9 heteroatoms. The number of rotatable bonds is 7. The third kappa shape index (κ3) is 6.42. The van der Waals surface area contributed by atoms with Gasteiger partial charge in [0.15, 0.2) is 6.61 Å².